The molecule has 0 fully saturated rings. The van der Waals surface area contributed by atoms with Crippen molar-refractivity contribution in [2.24, 2.45) is 5.73 Å². The summed E-state index contributed by atoms with van der Waals surface area (Å²) in [6.45, 7) is 0. The Morgan fingerprint density at radius 2 is 2.17 bits per heavy atom. The summed E-state index contributed by atoms with van der Waals surface area (Å²) in [7, 11) is -3.58. The number of halogens is 2. The number of nitrogens with two attached hydrogens (primary N) is 1. The number of carbonyl (C=O) groups is 1. The van der Waals surface area contributed by atoms with Crippen LogP contribution in [0.2, 0.25) is 5.02 Å². The van der Waals surface area contributed by atoms with Crippen molar-refractivity contribution in [3.8, 4) is 0 Å². The zero-order valence-corrected chi connectivity index (χ0v) is 11.1. The van der Waals surface area contributed by atoms with Crippen molar-refractivity contribution >= 4 is 27.5 Å². The summed E-state index contributed by atoms with van der Waals surface area (Å²) in [6, 6.07) is 2.50. The zero-order chi connectivity index (χ0) is 13.9. The van der Waals surface area contributed by atoms with Gasteiger partial charge >= 0.3 is 0 Å². The number of benzene rings is 1. The highest BCUT2D eigenvalue weighted by atomic mass is 35.5. The Bertz CT molecular complexity index is 562. The van der Waals surface area contributed by atoms with Gasteiger partial charge in [-0.05, 0) is 24.1 Å². The topological polar surface area (TPSA) is 89.3 Å². The van der Waals surface area contributed by atoms with Crippen molar-refractivity contribution in [1.29, 1.82) is 0 Å². The Labute approximate surface area is 109 Å². The fourth-order valence-corrected chi connectivity index (χ4v) is 2.33. The molecule has 0 aliphatic rings. The standard InChI is InChI=1S/C10H12ClFN2O3S/c1-18(16,17)14-9(10(13)15)4-6-2-3-7(12)5-8(6)11/h2-3,5,9,14H,4H2,1H3,(H2,13,15). The Hall–Kier alpha value is -1.18. The van der Waals surface area contributed by atoms with E-state index in [1.807, 2.05) is 0 Å². The van der Waals surface area contributed by atoms with Crippen LogP contribution in [0.4, 0.5) is 4.39 Å². The molecule has 8 heteroatoms. The maximum Gasteiger partial charge on any atom is 0.235 e. The zero-order valence-electron chi connectivity index (χ0n) is 9.48. The third-order valence-corrected chi connectivity index (χ3v) is 3.20. The Kier molecular flexibility index (Phi) is 4.66. The van der Waals surface area contributed by atoms with E-state index in [1.165, 1.54) is 12.1 Å². The minimum atomic E-state index is -3.58. The lowest BCUT2D eigenvalue weighted by Gasteiger charge is -2.14. The molecule has 5 nitrogen and oxygen atoms in total. The second-order valence-electron chi connectivity index (χ2n) is 3.78. The molecule has 3 N–H and O–H groups in total. The fraction of sp³-hybridized carbons (Fsp3) is 0.300. The Morgan fingerprint density at radius 3 is 2.61 bits per heavy atom. The molecule has 0 heterocycles. The minimum Gasteiger partial charge on any atom is -0.368 e. The van der Waals surface area contributed by atoms with Gasteiger partial charge in [0.15, 0.2) is 0 Å². The molecule has 0 aliphatic carbocycles. The van der Waals surface area contributed by atoms with Gasteiger partial charge in [0, 0.05) is 5.02 Å². The first-order valence-electron chi connectivity index (χ1n) is 4.89. The molecule has 0 bridgehead atoms. The summed E-state index contributed by atoms with van der Waals surface area (Å²) in [4.78, 5) is 11.1. The van der Waals surface area contributed by atoms with Crippen LogP contribution in [0.5, 0.6) is 0 Å². The molecule has 1 unspecified atom stereocenters. The van der Waals surface area contributed by atoms with E-state index in [4.69, 9.17) is 17.3 Å². The first kappa shape index (κ1) is 14.9. The van der Waals surface area contributed by atoms with Gasteiger partial charge in [-0.2, -0.15) is 0 Å². The van der Waals surface area contributed by atoms with Crippen LogP contribution in [0, 0.1) is 5.82 Å². The Morgan fingerprint density at radius 1 is 1.56 bits per heavy atom. The molecule has 0 saturated carbocycles. The van der Waals surface area contributed by atoms with E-state index >= 15 is 0 Å². The molecule has 1 atom stereocenters. The molecule has 0 saturated heterocycles. The van der Waals surface area contributed by atoms with Gasteiger partial charge in [-0.3, -0.25) is 4.79 Å². The SMILES string of the molecule is CS(=O)(=O)NC(Cc1ccc(F)cc1Cl)C(N)=O. The number of hydrogen-bond acceptors (Lipinski definition) is 3. The predicted molar refractivity (Wildman–Crippen MR) is 66.1 cm³/mol. The van der Waals surface area contributed by atoms with Crippen LogP contribution in [0.3, 0.4) is 0 Å². The fourth-order valence-electron chi connectivity index (χ4n) is 1.37. The molecule has 1 aromatic carbocycles. The number of primary amides is 1. The third-order valence-electron chi connectivity index (χ3n) is 2.14. The monoisotopic (exact) mass is 294 g/mol. The summed E-state index contributed by atoms with van der Waals surface area (Å²) in [5, 5.41) is 0.108. The van der Waals surface area contributed by atoms with E-state index in [0.29, 0.717) is 5.56 Å². The summed E-state index contributed by atoms with van der Waals surface area (Å²) < 4.78 is 37.0. The summed E-state index contributed by atoms with van der Waals surface area (Å²) >= 11 is 5.78. The number of rotatable bonds is 5. The highest BCUT2D eigenvalue weighted by molar-refractivity contribution is 7.88. The van der Waals surface area contributed by atoms with Crippen molar-refractivity contribution in [3.63, 3.8) is 0 Å². The number of carbonyl (C=O) groups excluding carboxylic acids is 1. The normalized spacial score (nSPS) is 13.3. The maximum absolute atomic E-state index is 12.8. The van der Waals surface area contributed by atoms with E-state index in [0.717, 1.165) is 12.3 Å². The largest absolute Gasteiger partial charge is 0.368 e. The molecule has 1 rings (SSSR count). The Balaban J connectivity index is 2.94. The average molecular weight is 295 g/mol. The summed E-state index contributed by atoms with van der Waals surface area (Å²) in [5.41, 5.74) is 5.52. The van der Waals surface area contributed by atoms with Crippen molar-refractivity contribution in [1.82, 2.24) is 4.72 Å². The van der Waals surface area contributed by atoms with E-state index < -0.39 is 27.8 Å². The first-order valence-corrected chi connectivity index (χ1v) is 7.16. The lowest BCUT2D eigenvalue weighted by atomic mass is 10.1. The van der Waals surface area contributed by atoms with Crippen molar-refractivity contribution in [3.05, 3.63) is 34.6 Å². The van der Waals surface area contributed by atoms with Crippen molar-refractivity contribution in [2.75, 3.05) is 6.26 Å². The summed E-state index contributed by atoms with van der Waals surface area (Å²) in [5.74, 6) is -1.35. The number of hydrogen-bond donors (Lipinski definition) is 2. The van der Waals surface area contributed by atoms with Crippen LogP contribution in [0.1, 0.15) is 5.56 Å². The smallest absolute Gasteiger partial charge is 0.235 e. The maximum atomic E-state index is 12.8. The molecule has 100 valence electrons. The number of amides is 1. The van der Waals surface area contributed by atoms with Crippen LogP contribution in [0.25, 0.3) is 0 Å². The predicted octanol–water partition coefficient (Wildman–Crippen LogP) is 0.425. The van der Waals surface area contributed by atoms with Crippen molar-refractivity contribution in [2.45, 2.75) is 12.5 Å². The number of sulfonamides is 1. The summed E-state index contributed by atoms with van der Waals surface area (Å²) in [6.07, 6.45) is 0.872. The van der Waals surface area contributed by atoms with E-state index in [1.54, 1.807) is 0 Å². The molecule has 1 amide bonds. The minimum absolute atomic E-state index is 0.0402. The van der Waals surface area contributed by atoms with E-state index in [2.05, 4.69) is 4.72 Å². The van der Waals surface area contributed by atoms with Crippen LogP contribution in [0.15, 0.2) is 18.2 Å². The van der Waals surface area contributed by atoms with E-state index in [-0.39, 0.29) is 11.4 Å². The van der Waals surface area contributed by atoms with Crippen molar-refractivity contribution < 1.29 is 17.6 Å². The van der Waals surface area contributed by atoms with Gasteiger partial charge < -0.3 is 5.73 Å². The van der Waals surface area contributed by atoms with Gasteiger partial charge in [-0.1, -0.05) is 17.7 Å². The molecule has 0 aromatic heterocycles. The lowest BCUT2D eigenvalue weighted by molar-refractivity contribution is -0.119. The molecule has 0 radical (unpaired) electrons. The van der Waals surface area contributed by atoms with Gasteiger partial charge in [0.2, 0.25) is 15.9 Å². The highest BCUT2D eigenvalue weighted by Crippen LogP contribution is 2.18. The molecule has 1 aromatic rings. The van der Waals surface area contributed by atoms with Gasteiger partial charge in [0.1, 0.15) is 11.9 Å². The molecule has 0 aliphatic heterocycles. The first-order chi connectivity index (χ1) is 8.19. The van der Waals surface area contributed by atoms with Crippen LogP contribution in [-0.4, -0.2) is 26.6 Å². The third kappa shape index (κ3) is 4.59. The van der Waals surface area contributed by atoms with Gasteiger partial charge in [-0.25, -0.2) is 17.5 Å². The van der Waals surface area contributed by atoms with E-state index in [9.17, 15) is 17.6 Å². The quantitative estimate of drug-likeness (QED) is 0.825. The van der Waals surface area contributed by atoms with Gasteiger partial charge in [0.05, 0.1) is 6.26 Å². The highest BCUT2D eigenvalue weighted by Gasteiger charge is 2.21. The second kappa shape index (κ2) is 5.64. The van der Waals surface area contributed by atoms with Gasteiger partial charge in [0.25, 0.3) is 0 Å². The lowest BCUT2D eigenvalue weighted by Crippen LogP contribution is -2.45. The molecule has 18 heavy (non-hydrogen) atoms. The number of nitrogens with one attached hydrogen (secondary N) is 1. The average Bonchev–Trinajstić information content (AvgIpc) is 2.18. The molecule has 0 spiro atoms. The van der Waals surface area contributed by atoms with Gasteiger partial charge in [-0.15, -0.1) is 0 Å². The second-order valence-corrected chi connectivity index (χ2v) is 5.97. The van der Waals surface area contributed by atoms with Crippen LogP contribution >= 0.6 is 11.6 Å². The molecular weight excluding hydrogens is 283 g/mol. The van der Waals surface area contributed by atoms with Crippen LogP contribution in [-0.2, 0) is 21.2 Å². The van der Waals surface area contributed by atoms with Crippen LogP contribution < -0.4 is 10.5 Å². The molecular formula is C10H12ClFN2O3S.